The van der Waals surface area contributed by atoms with Crippen molar-refractivity contribution >= 4 is 11.6 Å². The molecule has 0 aliphatic carbocycles. The maximum atomic E-state index is 12.1. The van der Waals surface area contributed by atoms with E-state index in [1.807, 2.05) is 30.3 Å². The third kappa shape index (κ3) is 3.03. The molecule has 1 aromatic carbocycles. The number of rotatable bonds is 3. The van der Waals surface area contributed by atoms with Crippen molar-refractivity contribution in [2.75, 3.05) is 0 Å². The second-order valence-electron chi connectivity index (χ2n) is 4.77. The molecule has 0 radical (unpaired) electrons. The Morgan fingerprint density at radius 3 is 2.36 bits per heavy atom. The molecular weight excluding hydrogens is 284 g/mol. The number of nitrogens with one attached hydrogen (secondary N) is 1. The van der Waals surface area contributed by atoms with Gasteiger partial charge in [-0.3, -0.25) is 18.7 Å². The molecule has 1 amide bonds. The van der Waals surface area contributed by atoms with Crippen LogP contribution in [-0.4, -0.2) is 20.8 Å². The van der Waals surface area contributed by atoms with E-state index < -0.39 is 17.2 Å². The van der Waals surface area contributed by atoms with Crippen LogP contribution >= 0.6 is 0 Å². The second kappa shape index (κ2) is 6.21. The van der Waals surface area contributed by atoms with Crippen LogP contribution < -0.4 is 16.7 Å². The van der Waals surface area contributed by atoms with E-state index in [1.54, 1.807) is 6.92 Å². The first kappa shape index (κ1) is 15.4. The first-order valence-corrected chi connectivity index (χ1v) is 6.59. The Labute approximate surface area is 126 Å². The van der Waals surface area contributed by atoms with E-state index in [4.69, 9.17) is 0 Å². The number of benzene rings is 1. The van der Waals surface area contributed by atoms with Crippen molar-refractivity contribution in [2.24, 2.45) is 19.2 Å². The van der Waals surface area contributed by atoms with Gasteiger partial charge in [0, 0.05) is 20.2 Å². The fourth-order valence-corrected chi connectivity index (χ4v) is 1.89. The van der Waals surface area contributed by atoms with Crippen molar-refractivity contribution in [3.63, 3.8) is 0 Å². The first-order valence-electron chi connectivity index (χ1n) is 6.59. The van der Waals surface area contributed by atoms with Crippen molar-refractivity contribution in [3.05, 3.63) is 68.5 Å². The lowest BCUT2D eigenvalue weighted by Crippen LogP contribution is -2.40. The van der Waals surface area contributed by atoms with Gasteiger partial charge in [0.25, 0.3) is 11.5 Å². The van der Waals surface area contributed by atoms with E-state index >= 15 is 0 Å². The molecule has 114 valence electrons. The smallest absolute Gasteiger partial charge is 0.292 e. The van der Waals surface area contributed by atoms with Gasteiger partial charge in [-0.2, -0.15) is 5.10 Å². The minimum atomic E-state index is -0.618. The lowest BCUT2D eigenvalue weighted by atomic mass is 10.1. The Hall–Kier alpha value is -2.96. The summed E-state index contributed by atoms with van der Waals surface area (Å²) >= 11 is 0. The zero-order valence-corrected chi connectivity index (χ0v) is 12.5. The highest BCUT2D eigenvalue weighted by Crippen LogP contribution is 2.00. The number of amides is 1. The molecule has 0 spiro atoms. The van der Waals surface area contributed by atoms with Crippen molar-refractivity contribution in [1.29, 1.82) is 0 Å². The van der Waals surface area contributed by atoms with Gasteiger partial charge in [-0.05, 0) is 12.5 Å². The Kier molecular flexibility index (Phi) is 4.36. The highest BCUT2D eigenvalue weighted by molar-refractivity contribution is 6.00. The molecule has 0 saturated heterocycles. The van der Waals surface area contributed by atoms with Crippen LogP contribution in [0, 0.1) is 0 Å². The number of hydrogen-bond acceptors (Lipinski definition) is 4. The first-order chi connectivity index (χ1) is 10.4. The van der Waals surface area contributed by atoms with Gasteiger partial charge in [0.1, 0.15) is 5.69 Å². The van der Waals surface area contributed by atoms with Gasteiger partial charge < -0.3 is 0 Å². The summed E-state index contributed by atoms with van der Waals surface area (Å²) < 4.78 is 2.03. The fraction of sp³-hybridized carbons (Fsp3) is 0.200. The number of carbonyl (C=O) groups excluding carboxylic acids is 1. The normalized spacial score (nSPS) is 11.3. The maximum absolute atomic E-state index is 12.1. The van der Waals surface area contributed by atoms with E-state index in [0.29, 0.717) is 5.71 Å². The standard InChI is InChI=1S/C15H16N4O3/c1-10(11-7-5-4-6-8-11)16-17-14(21)12-9-13(20)19(3)15(22)18(12)2/h4-9H,1-3H3,(H,17,21). The molecule has 0 fully saturated rings. The zero-order valence-electron chi connectivity index (χ0n) is 12.5. The summed E-state index contributed by atoms with van der Waals surface area (Å²) in [5.74, 6) is -0.618. The molecule has 0 atom stereocenters. The SMILES string of the molecule is CC(=NNC(=O)c1cc(=O)n(C)c(=O)n1C)c1ccccc1. The molecule has 0 aliphatic rings. The number of hydrogen-bond donors (Lipinski definition) is 1. The van der Waals surface area contributed by atoms with Gasteiger partial charge in [-0.25, -0.2) is 10.2 Å². The molecule has 0 saturated carbocycles. The molecule has 22 heavy (non-hydrogen) atoms. The maximum Gasteiger partial charge on any atom is 0.331 e. The minimum Gasteiger partial charge on any atom is -0.292 e. The topological polar surface area (TPSA) is 85.5 Å². The molecule has 0 aliphatic heterocycles. The van der Waals surface area contributed by atoms with Gasteiger partial charge in [-0.1, -0.05) is 30.3 Å². The lowest BCUT2D eigenvalue weighted by Gasteiger charge is -2.08. The molecule has 7 nitrogen and oxygen atoms in total. The third-order valence-electron chi connectivity index (χ3n) is 3.28. The molecule has 0 bridgehead atoms. The Morgan fingerprint density at radius 2 is 1.73 bits per heavy atom. The van der Waals surface area contributed by atoms with Gasteiger partial charge in [0.05, 0.1) is 5.71 Å². The summed E-state index contributed by atoms with van der Waals surface area (Å²) in [6, 6.07) is 10.4. The number of carbonyl (C=O) groups is 1. The average Bonchev–Trinajstić information content (AvgIpc) is 2.54. The largest absolute Gasteiger partial charge is 0.331 e. The molecule has 2 aromatic rings. The molecule has 2 rings (SSSR count). The number of aromatic nitrogens is 2. The predicted octanol–water partition coefficient (Wildman–Crippen LogP) is 0.238. The van der Waals surface area contributed by atoms with Gasteiger partial charge in [0.15, 0.2) is 0 Å². The van der Waals surface area contributed by atoms with Crippen LogP contribution in [0.5, 0.6) is 0 Å². The van der Waals surface area contributed by atoms with E-state index in [2.05, 4.69) is 10.5 Å². The Balaban J connectivity index is 2.28. The van der Waals surface area contributed by atoms with E-state index in [0.717, 1.165) is 20.8 Å². The van der Waals surface area contributed by atoms with Crippen molar-refractivity contribution in [1.82, 2.24) is 14.6 Å². The summed E-state index contributed by atoms with van der Waals surface area (Å²) in [6.45, 7) is 1.75. The van der Waals surface area contributed by atoms with Crippen molar-refractivity contribution in [3.8, 4) is 0 Å². The van der Waals surface area contributed by atoms with Gasteiger partial charge in [0.2, 0.25) is 0 Å². The van der Waals surface area contributed by atoms with Crippen LogP contribution in [0.3, 0.4) is 0 Å². The summed E-state index contributed by atoms with van der Waals surface area (Å²) in [4.78, 5) is 35.5. The second-order valence-corrected chi connectivity index (χ2v) is 4.77. The summed E-state index contributed by atoms with van der Waals surface area (Å²) in [5, 5.41) is 3.99. The van der Waals surface area contributed by atoms with Crippen molar-refractivity contribution < 1.29 is 4.79 Å². The molecule has 0 unspecified atom stereocenters. The average molecular weight is 300 g/mol. The Morgan fingerprint density at radius 1 is 1.09 bits per heavy atom. The Bertz CT molecular complexity index is 847. The minimum absolute atomic E-state index is 0.0438. The number of hydrazone groups is 1. The monoisotopic (exact) mass is 300 g/mol. The van der Waals surface area contributed by atoms with Crippen LogP contribution in [0.4, 0.5) is 0 Å². The van der Waals surface area contributed by atoms with Crippen LogP contribution in [0.1, 0.15) is 23.0 Å². The third-order valence-corrected chi connectivity index (χ3v) is 3.28. The van der Waals surface area contributed by atoms with Gasteiger partial charge >= 0.3 is 5.69 Å². The summed E-state index contributed by atoms with van der Waals surface area (Å²) in [6.07, 6.45) is 0. The molecule has 1 aromatic heterocycles. The van der Waals surface area contributed by atoms with E-state index in [9.17, 15) is 14.4 Å². The summed E-state index contributed by atoms with van der Waals surface area (Å²) in [5.41, 5.74) is 2.67. The number of nitrogens with zero attached hydrogens (tertiary/aromatic N) is 3. The molecule has 7 heteroatoms. The van der Waals surface area contributed by atoms with Crippen LogP contribution in [-0.2, 0) is 14.1 Å². The molecule has 1 N–H and O–H groups in total. The highest BCUT2D eigenvalue weighted by Gasteiger charge is 2.13. The van der Waals surface area contributed by atoms with Crippen LogP contribution in [0.2, 0.25) is 0 Å². The molecule has 1 heterocycles. The van der Waals surface area contributed by atoms with E-state index in [1.165, 1.54) is 14.1 Å². The predicted molar refractivity (Wildman–Crippen MR) is 83.0 cm³/mol. The van der Waals surface area contributed by atoms with E-state index in [-0.39, 0.29) is 5.69 Å². The van der Waals surface area contributed by atoms with Crippen molar-refractivity contribution in [2.45, 2.75) is 6.92 Å². The zero-order chi connectivity index (χ0) is 16.3. The van der Waals surface area contributed by atoms with Crippen LogP contribution in [0.15, 0.2) is 51.1 Å². The quantitative estimate of drug-likeness (QED) is 0.651. The fourth-order valence-electron chi connectivity index (χ4n) is 1.89. The van der Waals surface area contributed by atoms with Crippen LogP contribution in [0.25, 0.3) is 0 Å². The summed E-state index contributed by atoms with van der Waals surface area (Å²) in [7, 11) is 2.77. The lowest BCUT2D eigenvalue weighted by molar-refractivity contribution is 0.0944. The molecular formula is C15H16N4O3. The highest BCUT2D eigenvalue weighted by atomic mass is 16.2. The van der Waals surface area contributed by atoms with Gasteiger partial charge in [-0.15, -0.1) is 0 Å².